The molecule has 128 valence electrons. The molecule has 1 aromatic rings. The fraction of sp³-hybridized carbons (Fsp3) is 0.778. The van der Waals surface area contributed by atoms with E-state index in [9.17, 15) is 4.79 Å². The summed E-state index contributed by atoms with van der Waals surface area (Å²) < 4.78 is 0. The van der Waals surface area contributed by atoms with Crippen LogP contribution in [-0.4, -0.2) is 53.4 Å². The number of thiazole rings is 1. The monoisotopic (exact) mass is 335 g/mol. The highest BCUT2D eigenvalue weighted by molar-refractivity contribution is 7.09. The van der Waals surface area contributed by atoms with Crippen molar-refractivity contribution in [1.29, 1.82) is 0 Å². The molecule has 0 N–H and O–H groups in total. The Kier molecular flexibility index (Phi) is 5.70. The standard InChI is InChI=1S/C18H29N3OS/c1-18(17-19-9-15-23-17)7-13-21(14-8-18)16(22)6-12-20-10-4-2-3-5-11-20/h9,15H,2-8,10-14H2,1H3. The number of likely N-dealkylation sites (tertiary alicyclic amines) is 2. The number of rotatable bonds is 4. The van der Waals surface area contributed by atoms with Gasteiger partial charge in [0, 0.05) is 43.0 Å². The number of hydrogen-bond acceptors (Lipinski definition) is 4. The first-order valence-electron chi connectivity index (χ1n) is 9.07. The van der Waals surface area contributed by atoms with Crippen LogP contribution in [0.25, 0.3) is 0 Å². The Balaban J connectivity index is 1.44. The molecule has 3 heterocycles. The van der Waals surface area contributed by atoms with Crippen molar-refractivity contribution in [3.8, 4) is 0 Å². The highest BCUT2D eigenvalue weighted by atomic mass is 32.1. The maximum absolute atomic E-state index is 12.5. The van der Waals surface area contributed by atoms with Gasteiger partial charge in [-0.15, -0.1) is 11.3 Å². The number of hydrogen-bond donors (Lipinski definition) is 0. The molecule has 2 aliphatic heterocycles. The summed E-state index contributed by atoms with van der Waals surface area (Å²) in [4.78, 5) is 21.6. The Morgan fingerprint density at radius 3 is 2.48 bits per heavy atom. The molecule has 2 fully saturated rings. The lowest BCUT2D eigenvalue weighted by atomic mass is 9.81. The second kappa shape index (κ2) is 7.75. The molecule has 0 atom stereocenters. The van der Waals surface area contributed by atoms with Crippen molar-refractivity contribution in [3.63, 3.8) is 0 Å². The van der Waals surface area contributed by atoms with E-state index in [-0.39, 0.29) is 5.41 Å². The van der Waals surface area contributed by atoms with Crippen molar-refractivity contribution in [1.82, 2.24) is 14.8 Å². The molecule has 5 heteroatoms. The first-order chi connectivity index (χ1) is 11.2. The molecule has 1 amide bonds. The lowest BCUT2D eigenvalue weighted by Gasteiger charge is -2.38. The van der Waals surface area contributed by atoms with E-state index in [2.05, 4.69) is 27.1 Å². The number of piperidine rings is 1. The van der Waals surface area contributed by atoms with Crippen LogP contribution in [0.15, 0.2) is 11.6 Å². The van der Waals surface area contributed by atoms with E-state index in [1.165, 1.54) is 43.8 Å². The van der Waals surface area contributed by atoms with E-state index in [0.717, 1.165) is 32.5 Å². The van der Waals surface area contributed by atoms with Crippen LogP contribution < -0.4 is 0 Å². The molecule has 0 saturated carbocycles. The van der Waals surface area contributed by atoms with Gasteiger partial charge in [0.1, 0.15) is 0 Å². The van der Waals surface area contributed by atoms with Crippen molar-refractivity contribution in [2.75, 3.05) is 32.7 Å². The first kappa shape index (κ1) is 16.9. The molecular weight excluding hydrogens is 306 g/mol. The second-order valence-electron chi connectivity index (χ2n) is 7.28. The van der Waals surface area contributed by atoms with Crippen LogP contribution >= 0.6 is 11.3 Å². The minimum atomic E-state index is 0.162. The van der Waals surface area contributed by atoms with Crippen molar-refractivity contribution < 1.29 is 4.79 Å². The summed E-state index contributed by atoms with van der Waals surface area (Å²) in [6, 6.07) is 0. The third-order valence-corrected chi connectivity index (χ3v) is 6.59. The molecular formula is C18H29N3OS. The molecule has 0 aromatic carbocycles. The van der Waals surface area contributed by atoms with Crippen LogP contribution in [0.4, 0.5) is 0 Å². The quantitative estimate of drug-likeness (QED) is 0.847. The Labute approximate surface area is 143 Å². The smallest absolute Gasteiger partial charge is 0.223 e. The van der Waals surface area contributed by atoms with Gasteiger partial charge in [-0.2, -0.15) is 0 Å². The minimum absolute atomic E-state index is 0.162. The number of nitrogens with zero attached hydrogens (tertiary/aromatic N) is 3. The normalized spacial score (nSPS) is 22.7. The van der Waals surface area contributed by atoms with Crippen molar-refractivity contribution in [3.05, 3.63) is 16.6 Å². The predicted molar refractivity (Wildman–Crippen MR) is 94.8 cm³/mol. The maximum atomic E-state index is 12.5. The molecule has 4 nitrogen and oxygen atoms in total. The molecule has 2 aliphatic rings. The number of amides is 1. The van der Waals surface area contributed by atoms with E-state index in [1.807, 2.05) is 6.20 Å². The lowest BCUT2D eigenvalue weighted by Crippen LogP contribution is -2.44. The van der Waals surface area contributed by atoms with Crippen molar-refractivity contribution >= 4 is 17.2 Å². The third kappa shape index (κ3) is 4.32. The highest BCUT2D eigenvalue weighted by Crippen LogP contribution is 2.36. The van der Waals surface area contributed by atoms with Crippen LogP contribution in [-0.2, 0) is 10.2 Å². The summed E-state index contributed by atoms with van der Waals surface area (Å²) in [5.74, 6) is 0.343. The highest BCUT2D eigenvalue weighted by Gasteiger charge is 2.35. The van der Waals surface area contributed by atoms with Crippen LogP contribution in [0.5, 0.6) is 0 Å². The molecule has 2 saturated heterocycles. The minimum Gasteiger partial charge on any atom is -0.343 e. The first-order valence-corrected chi connectivity index (χ1v) is 9.95. The summed E-state index contributed by atoms with van der Waals surface area (Å²) in [7, 11) is 0. The van der Waals surface area contributed by atoms with Crippen LogP contribution in [0, 0.1) is 0 Å². The number of carbonyl (C=O) groups is 1. The van der Waals surface area contributed by atoms with E-state index in [1.54, 1.807) is 11.3 Å². The van der Waals surface area contributed by atoms with Gasteiger partial charge in [-0.25, -0.2) is 4.98 Å². The van der Waals surface area contributed by atoms with Gasteiger partial charge < -0.3 is 9.80 Å². The van der Waals surface area contributed by atoms with Crippen LogP contribution in [0.1, 0.15) is 56.9 Å². The predicted octanol–water partition coefficient (Wildman–Crippen LogP) is 3.29. The Hall–Kier alpha value is -0.940. The molecule has 0 bridgehead atoms. The van der Waals surface area contributed by atoms with Gasteiger partial charge in [-0.3, -0.25) is 4.79 Å². The van der Waals surface area contributed by atoms with Gasteiger partial charge in [0.25, 0.3) is 0 Å². The largest absolute Gasteiger partial charge is 0.343 e. The molecule has 3 rings (SSSR count). The van der Waals surface area contributed by atoms with Crippen LogP contribution in [0.3, 0.4) is 0 Å². The van der Waals surface area contributed by atoms with Gasteiger partial charge in [0.15, 0.2) is 0 Å². The topological polar surface area (TPSA) is 36.4 Å². The van der Waals surface area contributed by atoms with E-state index < -0.39 is 0 Å². The summed E-state index contributed by atoms with van der Waals surface area (Å²) in [6.07, 6.45) is 9.95. The molecule has 1 aromatic heterocycles. The molecule has 0 unspecified atom stereocenters. The Bertz CT molecular complexity index is 486. The van der Waals surface area contributed by atoms with E-state index >= 15 is 0 Å². The molecule has 0 spiro atoms. The lowest BCUT2D eigenvalue weighted by molar-refractivity contribution is -0.133. The zero-order valence-electron chi connectivity index (χ0n) is 14.3. The fourth-order valence-electron chi connectivity index (χ4n) is 3.76. The fourth-order valence-corrected chi connectivity index (χ4v) is 4.62. The molecule has 0 radical (unpaired) electrons. The summed E-state index contributed by atoms with van der Waals surface area (Å²) in [5.41, 5.74) is 0.162. The van der Waals surface area contributed by atoms with Gasteiger partial charge in [-0.1, -0.05) is 19.8 Å². The number of aromatic nitrogens is 1. The summed E-state index contributed by atoms with van der Waals surface area (Å²) in [6.45, 7) is 7.36. The third-order valence-electron chi connectivity index (χ3n) is 5.51. The van der Waals surface area contributed by atoms with Crippen LogP contribution in [0.2, 0.25) is 0 Å². The van der Waals surface area contributed by atoms with Crippen molar-refractivity contribution in [2.24, 2.45) is 0 Å². The van der Waals surface area contributed by atoms with Gasteiger partial charge >= 0.3 is 0 Å². The zero-order chi connectivity index (χ0) is 16.1. The molecule has 23 heavy (non-hydrogen) atoms. The zero-order valence-corrected chi connectivity index (χ0v) is 15.1. The van der Waals surface area contributed by atoms with Gasteiger partial charge in [-0.05, 0) is 38.8 Å². The maximum Gasteiger partial charge on any atom is 0.223 e. The van der Waals surface area contributed by atoms with E-state index in [4.69, 9.17) is 0 Å². The van der Waals surface area contributed by atoms with E-state index in [0.29, 0.717) is 12.3 Å². The van der Waals surface area contributed by atoms with Gasteiger partial charge in [0.2, 0.25) is 5.91 Å². The number of carbonyl (C=O) groups excluding carboxylic acids is 1. The Morgan fingerprint density at radius 1 is 1.17 bits per heavy atom. The average Bonchev–Trinajstić information content (AvgIpc) is 2.99. The average molecular weight is 336 g/mol. The summed E-state index contributed by atoms with van der Waals surface area (Å²) in [5, 5.41) is 3.29. The Morgan fingerprint density at radius 2 is 1.87 bits per heavy atom. The van der Waals surface area contributed by atoms with Gasteiger partial charge in [0.05, 0.1) is 5.01 Å². The van der Waals surface area contributed by atoms with Crippen molar-refractivity contribution in [2.45, 2.75) is 57.3 Å². The molecule has 0 aliphatic carbocycles. The summed E-state index contributed by atoms with van der Waals surface area (Å²) >= 11 is 1.75. The second-order valence-corrected chi connectivity index (χ2v) is 8.18. The SMILES string of the molecule is CC1(c2nccs2)CCN(C(=O)CCN2CCCCCC2)CC1.